The van der Waals surface area contributed by atoms with Crippen molar-refractivity contribution in [3.8, 4) is 0 Å². The van der Waals surface area contributed by atoms with E-state index < -0.39 is 11.8 Å². The van der Waals surface area contributed by atoms with Gasteiger partial charge in [0.2, 0.25) is 0 Å². The summed E-state index contributed by atoms with van der Waals surface area (Å²) in [7, 11) is 1.94. The normalized spacial score (nSPS) is 11.0. The van der Waals surface area contributed by atoms with Crippen molar-refractivity contribution in [2.75, 3.05) is 13.6 Å². The standard InChI is InChI=1S/C20H22ClFN2O2/c1-5-24(4)12-23-19-10-9-15(13(2)14(19)3)20(25)26-11-16-17(21)7-6-8-18(16)22/h6-10,12H,5,11H2,1-4H3. The molecule has 26 heavy (non-hydrogen) atoms. The molecule has 0 atom stereocenters. The van der Waals surface area contributed by atoms with Crippen LogP contribution in [0.2, 0.25) is 5.02 Å². The third-order valence-electron chi connectivity index (χ3n) is 4.28. The summed E-state index contributed by atoms with van der Waals surface area (Å²) in [5, 5.41) is 0.232. The van der Waals surface area contributed by atoms with E-state index in [0.717, 1.165) is 23.4 Å². The lowest BCUT2D eigenvalue weighted by atomic mass is 10.0. The van der Waals surface area contributed by atoms with Crippen LogP contribution in [-0.2, 0) is 11.3 Å². The van der Waals surface area contributed by atoms with Crippen molar-refractivity contribution in [3.63, 3.8) is 0 Å². The first-order valence-electron chi connectivity index (χ1n) is 8.29. The molecule has 0 spiro atoms. The Hall–Kier alpha value is -2.40. The van der Waals surface area contributed by atoms with E-state index in [1.165, 1.54) is 12.1 Å². The number of esters is 1. The van der Waals surface area contributed by atoms with E-state index in [9.17, 15) is 9.18 Å². The molecule has 0 N–H and O–H groups in total. The highest BCUT2D eigenvalue weighted by Gasteiger charge is 2.16. The third-order valence-corrected chi connectivity index (χ3v) is 4.63. The monoisotopic (exact) mass is 376 g/mol. The van der Waals surface area contributed by atoms with Crippen LogP contribution in [0.3, 0.4) is 0 Å². The summed E-state index contributed by atoms with van der Waals surface area (Å²) in [5.74, 6) is -1.02. The molecule has 2 aromatic carbocycles. The summed E-state index contributed by atoms with van der Waals surface area (Å²) in [6.07, 6.45) is 1.75. The number of benzene rings is 2. The number of carbonyl (C=O) groups excluding carboxylic acids is 1. The molecule has 0 aliphatic rings. The number of halogens is 2. The summed E-state index contributed by atoms with van der Waals surface area (Å²) < 4.78 is 19.0. The average Bonchev–Trinajstić information content (AvgIpc) is 2.62. The fraction of sp³-hybridized carbons (Fsp3) is 0.300. The molecule has 0 saturated heterocycles. The molecular weight excluding hydrogens is 355 g/mol. The van der Waals surface area contributed by atoms with Crippen LogP contribution in [0.25, 0.3) is 0 Å². The zero-order chi connectivity index (χ0) is 19.3. The number of rotatable bonds is 6. The van der Waals surface area contributed by atoms with Crippen molar-refractivity contribution in [1.82, 2.24) is 4.90 Å². The largest absolute Gasteiger partial charge is 0.457 e. The summed E-state index contributed by atoms with van der Waals surface area (Å²) >= 11 is 5.96. The lowest BCUT2D eigenvalue weighted by molar-refractivity contribution is 0.0468. The van der Waals surface area contributed by atoms with Crippen molar-refractivity contribution in [1.29, 1.82) is 0 Å². The Bertz CT molecular complexity index is 817. The van der Waals surface area contributed by atoms with Gasteiger partial charge in [0.1, 0.15) is 12.4 Å². The van der Waals surface area contributed by atoms with Gasteiger partial charge in [0.05, 0.1) is 22.6 Å². The van der Waals surface area contributed by atoms with E-state index >= 15 is 0 Å². The second-order valence-corrected chi connectivity index (χ2v) is 6.38. The van der Waals surface area contributed by atoms with Crippen LogP contribution in [0.4, 0.5) is 10.1 Å². The highest BCUT2D eigenvalue weighted by atomic mass is 35.5. The van der Waals surface area contributed by atoms with E-state index in [-0.39, 0.29) is 17.2 Å². The maximum atomic E-state index is 13.8. The average molecular weight is 377 g/mol. The Kier molecular flexibility index (Phi) is 6.75. The first-order chi connectivity index (χ1) is 12.3. The lowest BCUT2D eigenvalue weighted by Gasteiger charge is -2.13. The van der Waals surface area contributed by atoms with Gasteiger partial charge in [-0.1, -0.05) is 17.7 Å². The first-order valence-corrected chi connectivity index (χ1v) is 8.67. The van der Waals surface area contributed by atoms with Gasteiger partial charge < -0.3 is 9.64 Å². The van der Waals surface area contributed by atoms with E-state index in [4.69, 9.17) is 16.3 Å². The van der Waals surface area contributed by atoms with Crippen LogP contribution in [0.1, 0.15) is 34.0 Å². The van der Waals surface area contributed by atoms with Crippen LogP contribution in [0, 0.1) is 19.7 Å². The summed E-state index contributed by atoms with van der Waals surface area (Å²) in [4.78, 5) is 18.8. The molecule has 6 heteroatoms. The minimum Gasteiger partial charge on any atom is -0.457 e. The SMILES string of the molecule is CCN(C)C=Nc1ccc(C(=O)OCc2c(F)cccc2Cl)c(C)c1C. The molecule has 0 amide bonds. The maximum Gasteiger partial charge on any atom is 0.338 e. The van der Waals surface area contributed by atoms with Gasteiger partial charge in [-0.2, -0.15) is 0 Å². The number of aliphatic imine (C=N–C) groups is 1. The molecule has 0 bridgehead atoms. The van der Waals surface area contributed by atoms with Gasteiger partial charge >= 0.3 is 5.97 Å². The van der Waals surface area contributed by atoms with Crippen molar-refractivity contribution < 1.29 is 13.9 Å². The van der Waals surface area contributed by atoms with Gasteiger partial charge in [-0.3, -0.25) is 0 Å². The van der Waals surface area contributed by atoms with Crippen molar-refractivity contribution in [2.24, 2.45) is 4.99 Å². The molecule has 4 nitrogen and oxygen atoms in total. The molecule has 0 saturated carbocycles. The van der Waals surface area contributed by atoms with Crippen LogP contribution in [-0.4, -0.2) is 30.8 Å². The maximum absolute atomic E-state index is 13.8. The molecule has 138 valence electrons. The second-order valence-electron chi connectivity index (χ2n) is 5.98. The number of nitrogens with zero attached hydrogens (tertiary/aromatic N) is 2. The van der Waals surface area contributed by atoms with E-state index in [2.05, 4.69) is 4.99 Å². The Morgan fingerprint density at radius 2 is 2.00 bits per heavy atom. The smallest absolute Gasteiger partial charge is 0.338 e. The molecule has 0 fully saturated rings. The molecule has 2 rings (SSSR count). The Morgan fingerprint density at radius 1 is 1.27 bits per heavy atom. The second kappa shape index (κ2) is 8.81. The minimum atomic E-state index is -0.522. The van der Waals surface area contributed by atoms with Gasteiger partial charge in [0, 0.05) is 19.2 Å². The molecular formula is C20H22ClFN2O2. The van der Waals surface area contributed by atoms with Gasteiger partial charge in [-0.15, -0.1) is 0 Å². The number of carbonyl (C=O) groups is 1. The Labute approximate surface area is 158 Å². The number of ether oxygens (including phenoxy) is 1. The predicted molar refractivity (Wildman–Crippen MR) is 103 cm³/mol. The van der Waals surface area contributed by atoms with Gasteiger partial charge in [-0.05, 0) is 56.2 Å². The highest BCUT2D eigenvalue weighted by Crippen LogP contribution is 2.26. The topological polar surface area (TPSA) is 41.9 Å². The van der Waals surface area contributed by atoms with E-state index in [1.54, 1.807) is 24.5 Å². The van der Waals surface area contributed by atoms with Gasteiger partial charge in [0.25, 0.3) is 0 Å². The van der Waals surface area contributed by atoms with Crippen molar-refractivity contribution >= 4 is 29.6 Å². The molecule has 0 radical (unpaired) electrons. The van der Waals surface area contributed by atoms with E-state index in [1.807, 2.05) is 32.7 Å². The summed E-state index contributed by atoms with van der Waals surface area (Å²) in [5.41, 5.74) is 3.06. The first kappa shape index (κ1) is 19.9. The van der Waals surface area contributed by atoms with Gasteiger partial charge in [-0.25, -0.2) is 14.2 Å². The molecule has 0 aromatic heterocycles. The van der Waals surface area contributed by atoms with Crippen LogP contribution in [0.15, 0.2) is 35.3 Å². The zero-order valence-electron chi connectivity index (χ0n) is 15.3. The minimum absolute atomic E-state index is 0.167. The fourth-order valence-corrected chi connectivity index (χ4v) is 2.51. The van der Waals surface area contributed by atoms with Crippen LogP contribution >= 0.6 is 11.6 Å². The lowest BCUT2D eigenvalue weighted by Crippen LogP contribution is -2.14. The van der Waals surface area contributed by atoms with Crippen LogP contribution < -0.4 is 0 Å². The Morgan fingerprint density at radius 3 is 2.65 bits per heavy atom. The quantitative estimate of drug-likeness (QED) is 0.402. The van der Waals surface area contributed by atoms with Gasteiger partial charge in [0.15, 0.2) is 0 Å². The zero-order valence-corrected chi connectivity index (χ0v) is 16.1. The van der Waals surface area contributed by atoms with Crippen LogP contribution in [0.5, 0.6) is 0 Å². The number of hydrogen-bond donors (Lipinski definition) is 0. The predicted octanol–water partition coefficient (Wildman–Crippen LogP) is 5.06. The molecule has 2 aromatic rings. The molecule has 0 heterocycles. The summed E-state index contributed by atoms with van der Waals surface area (Å²) in [6.45, 7) is 6.41. The third kappa shape index (κ3) is 4.61. The molecule has 0 unspecified atom stereocenters. The Balaban J connectivity index is 2.17. The highest BCUT2D eigenvalue weighted by molar-refractivity contribution is 6.31. The van der Waals surface area contributed by atoms with E-state index in [0.29, 0.717) is 5.56 Å². The molecule has 0 aliphatic heterocycles. The fourth-order valence-electron chi connectivity index (χ4n) is 2.30. The van der Waals surface area contributed by atoms with Crippen molar-refractivity contribution in [2.45, 2.75) is 27.4 Å². The number of hydrogen-bond acceptors (Lipinski definition) is 3. The summed E-state index contributed by atoms with van der Waals surface area (Å²) in [6, 6.07) is 7.79. The molecule has 0 aliphatic carbocycles. The van der Waals surface area contributed by atoms with Crippen molar-refractivity contribution in [3.05, 3.63) is 63.4 Å².